The highest BCUT2D eigenvalue weighted by atomic mass is 16.4. The van der Waals surface area contributed by atoms with E-state index in [0.29, 0.717) is 35.8 Å². The lowest BCUT2D eigenvalue weighted by atomic mass is 10.1. The first kappa shape index (κ1) is 19.1. The Morgan fingerprint density at radius 1 is 1.15 bits per heavy atom. The Morgan fingerprint density at radius 2 is 1.93 bits per heavy atom. The molecule has 0 radical (unpaired) electrons. The van der Waals surface area contributed by atoms with Crippen molar-refractivity contribution < 1.29 is 9.21 Å². The third-order valence-corrected chi connectivity index (χ3v) is 4.94. The fraction of sp³-hybridized carbons (Fsp3) is 0.409. The highest BCUT2D eigenvalue weighted by Gasteiger charge is 2.13. The Bertz CT molecular complexity index is 985. The van der Waals surface area contributed by atoms with E-state index in [2.05, 4.69) is 4.98 Å². The van der Waals surface area contributed by atoms with Crippen molar-refractivity contribution in [3.63, 3.8) is 0 Å². The van der Waals surface area contributed by atoms with E-state index in [1.807, 2.05) is 37.3 Å². The number of para-hydroxylation sites is 1. The lowest BCUT2D eigenvalue weighted by Crippen LogP contribution is -2.18. The number of pyridine rings is 1. The van der Waals surface area contributed by atoms with E-state index < -0.39 is 0 Å². The standard InChI is InChI=1S/C22H26N2O3/c1-3-17(25)11-6-4-5-7-13-21-23-15-20(27-21)18-14-16-10-8-9-12-19(16)24(2)22(18)26/h8-10,12,14-15H,3-7,11,13H2,1-2H3. The quantitative estimate of drug-likeness (QED) is 0.516. The minimum absolute atomic E-state index is 0.0861. The van der Waals surface area contributed by atoms with Gasteiger partial charge in [0.25, 0.3) is 5.56 Å². The van der Waals surface area contributed by atoms with Gasteiger partial charge in [0.15, 0.2) is 11.7 Å². The SMILES string of the molecule is CCC(=O)CCCCCCc1ncc(-c2cc3ccccc3n(C)c2=O)o1. The van der Waals surface area contributed by atoms with Crippen LogP contribution >= 0.6 is 0 Å². The molecule has 3 rings (SSSR count). The van der Waals surface area contributed by atoms with E-state index in [4.69, 9.17) is 4.42 Å². The maximum atomic E-state index is 12.7. The molecule has 0 atom stereocenters. The second kappa shape index (κ2) is 8.80. The number of rotatable bonds is 9. The first-order chi connectivity index (χ1) is 13.1. The summed E-state index contributed by atoms with van der Waals surface area (Å²) in [7, 11) is 1.77. The summed E-state index contributed by atoms with van der Waals surface area (Å²) in [6, 6.07) is 9.66. The van der Waals surface area contributed by atoms with Crippen LogP contribution in [0.1, 0.15) is 51.3 Å². The molecule has 0 N–H and O–H groups in total. The Morgan fingerprint density at radius 3 is 2.74 bits per heavy atom. The summed E-state index contributed by atoms with van der Waals surface area (Å²) in [5.74, 6) is 1.51. The number of hydrogen-bond donors (Lipinski definition) is 0. The van der Waals surface area contributed by atoms with E-state index in [-0.39, 0.29) is 5.56 Å². The van der Waals surface area contributed by atoms with E-state index in [1.165, 1.54) is 0 Å². The number of hydrogen-bond acceptors (Lipinski definition) is 4. The van der Waals surface area contributed by atoms with Gasteiger partial charge in [-0.2, -0.15) is 0 Å². The summed E-state index contributed by atoms with van der Waals surface area (Å²) in [4.78, 5) is 28.3. The lowest BCUT2D eigenvalue weighted by molar-refractivity contribution is -0.118. The third-order valence-electron chi connectivity index (χ3n) is 4.94. The van der Waals surface area contributed by atoms with Gasteiger partial charge >= 0.3 is 0 Å². The molecule has 0 amide bonds. The summed E-state index contributed by atoms with van der Waals surface area (Å²) >= 11 is 0. The second-order valence-corrected chi connectivity index (χ2v) is 6.91. The van der Waals surface area contributed by atoms with Gasteiger partial charge in [0, 0.05) is 26.3 Å². The molecule has 2 aromatic heterocycles. The monoisotopic (exact) mass is 366 g/mol. The van der Waals surface area contributed by atoms with Crippen molar-refractivity contribution >= 4 is 16.7 Å². The Hall–Kier alpha value is -2.69. The number of ketones is 1. The molecule has 3 aromatic rings. The van der Waals surface area contributed by atoms with Gasteiger partial charge in [-0.1, -0.05) is 38.0 Å². The second-order valence-electron chi connectivity index (χ2n) is 6.91. The van der Waals surface area contributed by atoms with Crippen LogP contribution < -0.4 is 5.56 Å². The van der Waals surface area contributed by atoms with Gasteiger partial charge in [-0.3, -0.25) is 9.59 Å². The maximum Gasteiger partial charge on any atom is 0.261 e. The van der Waals surface area contributed by atoms with E-state index >= 15 is 0 Å². The van der Waals surface area contributed by atoms with Gasteiger partial charge in [0.2, 0.25) is 0 Å². The van der Waals surface area contributed by atoms with Crippen molar-refractivity contribution in [3.05, 3.63) is 52.8 Å². The number of Topliss-reactive ketones (excluding diaryl/α,β-unsaturated/α-hetero) is 1. The van der Waals surface area contributed by atoms with E-state index in [9.17, 15) is 9.59 Å². The molecule has 0 spiro atoms. The van der Waals surface area contributed by atoms with Crippen LogP contribution in [-0.4, -0.2) is 15.3 Å². The number of nitrogens with zero attached hydrogens (tertiary/aromatic N) is 2. The summed E-state index contributed by atoms with van der Waals surface area (Å²) < 4.78 is 7.48. The molecule has 5 heteroatoms. The summed E-state index contributed by atoms with van der Waals surface area (Å²) in [6.07, 6.45) is 7.72. The molecule has 0 aliphatic heterocycles. The molecule has 0 aliphatic rings. The molecule has 2 heterocycles. The first-order valence-electron chi connectivity index (χ1n) is 9.65. The molecule has 0 saturated carbocycles. The molecule has 0 fully saturated rings. The Balaban J connectivity index is 1.63. The molecule has 0 aliphatic carbocycles. The zero-order chi connectivity index (χ0) is 19.2. The van der Waals surface area contributed by atoms with Crippen molar-refractivity contribution in [1.82, 2.24) is 9.55 Å². The number of unbranched alkanes of at least 4 members (excludes halogenated alkanes) is 3. The average molecular weight is 366 g/mol. The number of aromatic nitrogens is 2. The molecule has 1 aromatic carbocycles. The fourth-order valence-corrected chi connectivity index (χ4v) is 3.28. The van der Waals surface area contributed by atoms with Crippen LogP contribution in [0.4, 0.5) is 0 Å². The number of carbonyl (C=O) groups is 1. The predicted octanol–water partition coefficient (Wildman–Crippen LogP) is 4.67. The zero-order valence-corrected chi connectivity index (χ0v) is 16.0. The predicted molar refractivity (Wildman–Crippen MR) is 107 cm³/mol. The smallest absolute Gasteiger partial charge is 0.261 e. The minimum atomic E-state index is -0.0861. The molecule has 27 heavy (non-hydrogen) atoms. The maximum absolute atomic E-state index is 12.7. The molecular weight excluding hydrogens is 340 g/mol. The zero-order valence-electron chi connectivity index (χ0n) is 16.0. The molecule has 142 valence electrons. The van der Waals surface area contributed by atoms with Crippen molar-refractivity contribution in [2.24, 2.45) is 7.05 Å². The van der Waals surface area contributed by atoms with Crippen LogP contribution in [0.5, 0.6) is 0 Å². The molecule has 0 unspecified atom stereocenters. The van der Waals surface area contributed by atoms with Crippen molar-refractivity contribution in [2.75, 3.05) is 0 Å². The number of benzene rings is 1. The van der Waals surface area contributed by atoms with Gasteiger partial charge in [-0.15, -0.1) is 0 Å². The topological polar surface area (TPSA) is 65.1 Å². The van der Waals surface area contributed by atoms with Crippen molar-refractivity contribution in [3.8, 4) is 11.3 Å². The van der Waals surface area contributed by atoms with Gasteiger partial charge in [0.05, 0.1) is 17.3 Å². The molecular formula is C22H26N2O3. The molecule has 0 bridgehead atoms. The third kappa shape index (κ3) is 4.54. The van der Waals surface area contributed by atoms with Crippen molar-refractivity contribution in [1.29, 1.82) is 0 Å². The Labute approximate surface area is 159 Å². The first-order valence-corrected chi connectivity index (χ1v) is 9.65. The van der Waals surface area contributed by atoms with Crippen LogP contribution in [0.3, 0.4) is 0 Å². The minimum Gasteiger partial charge on any atom is -0.441 e. The number of carbonyl (C=O) groups excluding carboxylic acids is 1. The van der Waals surface area contributed by atoms with Crippen LogP contribution in [0.15, 0.2) is 45.7 Å². The van der Waals surface area contributed by atoms with Crippen LogP contribution in [0.25, 0.3) is 22.2 Å². The van der Waals surface area contributed by atoms with Gasteiger partial charge in [-0.25, -0.2) is 4.98 Å². The molecule has 0 saturated heterocycles. The summed E-state index contributed by atoms with van der Waals surface area (Å²) in [5.41, 5.74) is 1.34. The van der Waals surface area contributed by atoms with E-state index in [1.54, 1.807) is 17.8 Å². The van der Waals surface area contributed by atoms with Gasteiger partial charge < -0.3 is 8.98 Å². The van der Waals surface area contributed by atoms with E-state index in [0.717, 1.165) is 43.0 Å². The summed E-state index contributed by atoms with van der Waals surface area (Å²) in [5, 5.41) is 0.995. The number of fused-ring (bicyclic) bond motifs is 1. The number of oxazole rings is 1. The normalized spacial score (nSPS) is 11.2. The Kier molecular flexibility index (Phi) is 6.22. The van der Waals surface area contributed by atoms with Crippen LogP contribution in [-0.2, 0) is 18.3 Å². The van der Waals surface area contributed by atoms with Crippen LogP contribution in [0, 0.1) is 0 Å². The molecule has 5 nitrogen and oxygen atoms in total. The van der Waals surface area contributed by atoms with Gasteiger partial charge in [-0.05, 0) is 30.4 Å². The van der Waals surface area contributed by atoms with Crippen LogP contribution in [0.2, 0.25) is 0 Å². The lowest BCUT2D eigenvalue weighted by Gasteiger charge is -2.06. The average Bonchev–Trinajstić information content (AvgIpc) is 3.15. The summed E-state index contributed by atoms with van der Waals surface area (Å²) in [6.45, 7) is 1.91. The van der Waals surface area contributed by atoms with Gasteiger partial charge in [0.1, 0.15) is 5.78 Å². The highest BCUT2D eigenvalue weighted by molar-refractivity contribution is 5.83. The fourth-order valence-electron chi connectivity index (χ4n) is 3.28. The van der Waals surface area contributed by atoms with Crippen molar-refractivity contribution in [2.45, 2.75) is 51.9 Å². The number of aryl methyl sites for hydroxylation is 2. The highest BCUT2D eigenvalue weighted by Crippen LogP contribution is 2.22. The largest absolute Gasteiger partial charge is 0.441 e.